The molecule has 0 bridgehead atoms. The van der Waals surface area contributed by atoms with Crippen LogP contribution in [0.15, 0.2) is 67.0 Å². The van der Waals surface area contributed by atoms with Crippen LogP contribution in [0.4, 0.5) is 11.5 Å². The molecule has 0 aliphatic heterocycles. The number of nitrogens with one attached hydrogen (secondary N) is 1. The van der Waals surface area contributed by atoms with Crippen LogP contribution >= 0.6 is 11.6 Å². The quantitative estimate of drug-likeness (QED) is 0.539. The fraction of sp³-hybridized carbons (Fsp3) is 0.0500. The number of aryl methyl sites for hydroxylation is 1. The molecule has 0 radical (unpaired) electrons. The van der Waals surface area contributed by atoms with Crippen molar-refractivity contribution < 1.29 is 0 Å². The van der Waals surface area contributed by atoms with E-state index in [0.717, 1.165) is 39.1 Å². The molecule has 4 aromatic rings. The second-order valence-electron chi connectivity index (χ2n) is 5.76. The van der Waals surface area contributed by atoms with E-state index in [-0.39, 0.29) is 0 Å². The minimum Gasteiger partial charge on any atom is -0.338 e. The third-order valence-electron chi connectivity index (χ3n) is 4.08. The first kappa shape index (κ1) is 15.5. The average molecular weight is 347 g/mol. The van der Waals surface area contributed by atoms with E-state index >= 15 is 0 Å². The largest absolute Gasteiger partial charge is 0.338 e. The third-order valence-corrected chi connectivity index (χ3v) is 4.33. The number of nitrogens with zero attached hydrogens (tertiary/aromatic N) is 3. The number of rotatable bonds is 3. The van der Waals surface area contributed by atoms with Crippen molar-refractivity contribution in [1.29, 1.82) is 0 Å². The molecule has 0 saturated carbocycles. The molecule has 25 heavy (non-hydrogen) atoms. The van der Waals surface area contributed by atoms with E-state index in [1.54, 1.807) is 12.4 Å². The number of hydrogen-bond donors (Lipinski definition) is 1. The number of aromatic nitrogens is 3. The number of halogens is 1. The SMILES string of the molecule is Cc1cccc2c(Nc3ccc(Cl)cc3)nnc(-c3ccncc3)c12. The van der Waals surface area contributed by atoms with Crippen molar-refractivity contribution in [2.45, 2.75) is 6.92 Å². The number of fused-ring (bicyclic) bond motifs is 1. The molecule has 0 amide bonds. The van der Waals surface area contributed by atoms with Crippen LogP contribution in [0.5, 0.6) is 0 Å². The standard InChI is InChI=1S/C20H15ClN4/c1-13-3-2-4-17-18(13)19(14-9-11-22-12-10-14)24-25-20(17)23-16-7-5-15(21)6-8-16/h2-12H,1H3,(H,23,25). The Bertz CT molecular complexity index is 1030. The third kappa shape index (κ3) is 3.04. The fourth-order valence-electron chi connectivity index (χ4n) is 2.86. The zero-order valence-electron chi connectivity index (χ0n) is 13.6. The van der Waals surface area contributed by atoms with E-state index in [9.17, 15) is 0 Å². The smallest absolute Gasteiger partial charge is 0.161 e. The molecule has 0 atom stereocenters. The highest BCUT2D eigenvalue weighted by molar-refractivity contribution is 6.30. The Kier molecular flexibility index (Phi) is 4.04. The minimum atomic E-state index is 0.699. The van der Waals surface area contributed by atoms with E-state index in [0.29, 0.717) is 5.02 Å². The van der Waals surface area contributed by atoms with Gasteiger partial charge in [-0.25, -0.2) is 0 Å². The Labute approximate surface area is 150 Å². The van der Waals surface area contributed by atoms with Crippen LogP contribution in [0.3, 0.4) is 0 Å². The van der Waals surface area contributed by atoms with Crippen molar-refractivity contribution >= 4 is 33.9 Å². The molecular weight excluding hydrogens is 332 g/mol. The van der Waals surface area contributed by atoms with Crippen LogP contribution in [-0.4, -0.2) is 15.2 Å². The zero-order valence-corrected chi connectivity index (χ0v) is 14.3. The molecular formula is C20H15ClN4. The first-order chi connectivity index (χ1) is 12.2. The van der Waals surface area contributed by atoms with Crippen LogP contribution in [0.25, 0.3) is 22.0 Å². The molecule has 0 aliphatic carbocycles. The van der Waals surface area contributed by atoms with Gasteiger partial charge in [0.15, 0.2) is 5.82 Å². The molecule has 2 aromatic carbocycles. The number of hydrogen-bond acceptors (Lipinski definition) is 4. The predicted octanol–water partition coefficient (Wildman–Crippen LogP) is 5.40. The Morgan fingerprint density at radius 3 is 2.40 bits per heavy atom. The fourth-order valence-corrected chi connectivity index (χ4v) is 2.98. The summed E-state index contributed by atoms with van der Waals surface area (Å²) in [5.74, 6) is 0.721. The van der Waals surface area contributed by atoms with Gasteiger partial charge in [-0.05, 0) is 48.9 Å². The molecule has 122 valence electrons. The van der Waals surface area contributed by atoms with Gasteiger partial charge in [0.2, 0.25) is 0 Å². The number of benzene rings is 2. The lowest BCUT2D eigenvalue weighted by Crippen LogP contribution is -2.00. The summed E-state index contributed by atoms with van der Waals surface area (Å²) < 4.78 is 0. The number of anilines is 2. The summed E-state index contributed by atoms with van der Waals surface area (Å²) in [4.78, 5) is 4.08. The summed E-state index contributed by atoms with van der Waals surface area (Å²) in [6, 6.07) is 17.6. The molecule has 0 unspecified atom stereocenters. The lowest BCUT2D eigenvalue weighted by molar-refractivity contribution is 1.06. The van der Waals surface area contributed by atoms with Gasteiger partial charge in [-0.2, -0.15) is 0 Å². The van der Waals surface area contributed by atoms with Crippen molar-refractivity contribution in [2.75, 3.05) is 5.32 Å². The summed E-state index contributed by atoms with van der Waals surface area (Å²) in [5.41, 5.74) is 3.92. The average Bonchev–Trinajstić information content (AvgIpc) is 2.65. The Balaban J connectivity index is 1.88. The van der Waals surface area contributed by atoms with E-state index in [4.69, 9.17) is 11.6 Å². The summed E-state index contributed by atoms with van der Waals surface area (Å²) in [6.45, 7) is 2.08. The first-order valence-corrected chi connectivity index (χ1v) is 8.29. The van der Waals surface area contributed by atoms with E-state index < -0.39 is 0 Å². The predicted molar refractivity (Wildman–Crippen MR) is 102 cm³/mol. The van der Waals surface area contributed by atoms with Gasteiger partial charge in [0.1, 0.15) is 5.69 Å². The van der Waals surface area contributed by atoms with Crippen LogP contribution in [0.1, 0.15) is 5.56 Å². The summed E-state index contributed by atoms with van der Waals surface area (Å²) in [7, 11) is 0. The van der Waals surface area contributed by atoms with Gasteiger partial charge in [0, 0.05) is 39.4 Å². The Hall–Kier alpha value is -2.98. The molecule has 2 aromatic heterocycles. The van der Waals surface area contributed by atoms with Crippen LogP contribution in [-0.2, 0) is 0 Å². The second kappa shape index (κ2) is 6.49. The molecule has 0 spiro atoms. The highest BCUT2D eigenvalue weighted by Gasteiger charge is 2.13. The summed E-state index contributed by atoms with van der Waals surface area (Å²) in [5, 5.41) is 15.1. The molecule has 2 heterocycles. The van der Waals surface area contributed by atoms with E-state index in [1.165, 1.54) is 0 Å². The van der Waals surface area contributed by atoms with Crippen LogP contribution in [0, 0.1) is 6.92 Å². The minimum absolute atomic E-state index is 0.699. The second-order valence-corrected chi connectivity index (χ2v) is 6.20. The molecule has 4 rings (SSSR count). The maximum atomic E-state index is 5.96. The van der Waals surface area contributed by atoms with Crippen LogP contribution < -0.4 is 5.32 Å². The Morgan fingerprint density at radius 1 is 0.880 bits per heavy atom. The van der Waals surface area contributed by atoms with E-state index in [2.05, 4.69) is 39.6 Å². The topological polar surface area (TPSA) is 50.7 Å². The van der Waals surface area contributed by atoms with Crippen molar-refractivity contribution in [3.8, 4) is 11.3 Å². The molecule has 1 N–H and O–H groups in total. The molecule has 5 heteroatoms. The summed E-state index contributed by atoms with van der Waals surface area (Å²) in [6.07, 6.45) is 3.53. The van der Waals surface area contributed by atoms with Gasteiger partial charge in [-0.3, -0.25) is 4.98 Å². The van der Waals surface area contributed by atoms with Crippen LogP contribution in [0.2, 0.25) is 5.02 Å². The molecule has 0 saturated heterocycles. The molecule has 0 aliphatic rings. The van der Waals surface area contributed by atoms with E-state index in [1.807, 2.05) is 42.5 Å². The highest BCUT2D eigenvalue weighted by atomic mass is 35.5. The van der Waals surface area contributed by atoms with Crippen molar-refractivity contribution in [2.24, 2.45) is 0 Å². The van der Waals surface area contributed by atoms with Crippen molar-refractivity contribution in [3.05, 3.63) is 77.6 Å². The Morgan fingerprint density at radius 2 is 1.64 bits per heavy atom. The van der Waals surface area contributed by atoms with Gasteiger partial charge in [0.25, 0.3) is 0 Å². The normalized spacial score (nSPS) is 10.8. The van der Waals surface area contributed by atoms with Crippen molar-refractivity contribution in [1.82, 2.24) is 15.2 Å². The van der Waals surface area contributed by atoms with Crippen molar-refractivity contribution in [3.63, 3.8) is 0 Å². The lowest BCUT2D eigenvalue weighted by Gasteiger charge is -2.13. The molecule has 4 nitrogen and oxygen atoms in total. The summed E-state index contributed by atoms with van der Waals surface area (Å²) >= 11 is 5.96. The number of pyridine rings is 1. The maximum Gasteiger partial charge on any atom is 0.161 e. The van der Waals surface area contributed by atoms with Gasteiger partial charge < -0.3 is 5.32 Å². The van der Waals surface area contributed by atoms with Gasteiger partial charge in [-0.15, -0.1) is 10.2 Å². The first-order valence-electron chi connectivity index (χ1n) is 7.91. The molecule has 0 fully saturated rings. The van der Waals surface area contributed by atoms with Gasteiger partial charge >= 0.3 is 0 Å². The van der Waals surface area contributed by atoms with Gasteiger partial charge in [0.05, 0.1) is 0 Å². The lowest BCUT2D eigenvalue weighted by atomic mass is 10.0. The highest BCUT2D eigenvalue weighted by Crippen LogP contribution is 2.33. The zero-order chi connectivity index (χ0) is 17.2. The monoisotopic (exact) mass is 346 g/mol. The maximum absolute atomic E-state index is 5.96. The van der Waals surface area contributed by atoms with Gasteiger partial charge in [-0.1, -0.05) is 29.8 Å².